The summed E-state index contributed by atoms with van der Waals surface area (Å²) in [6.07, 6.45) is 3.13. The van der Waals surface area contributed by atoms with Gasteiger partial charge in [-0.05, 0) is 61.7 Å². The topological polar surface area (TPSA) is 68.5 Å². The van der Waals surface area contributed by atoms with E-state index in [2.05, 4.69) is 4.98 Å². The molecule has 2 rings (SSSR count). The van der Waals surface area contributed by atoms with E-state index in [1.165, 1.54) is 0 Å². The van der Waals surface area contributed by atoms with Crippen LogP contribution in [0.3, 0.4) is 0 Å². The number of carbonyl (C=O) groups is 1. The number of anilines is 1. The molecule has 0 atom stereocenters. The predicted molar refractivity (Wildman–Crippen MR) is 91.8 cm³/mol. The molecule has 0 spiro atoms. The molecule has 0 aliphatic rings. The number of aromatic nitrogens is 1. The number of amides is 1. The minimum Gasteiger partial charge on any atom is -0.444 e. The van der Waals surface area contributed by atoms with Gasteiger partial charge >= 0.3 is 6.09 Å². The van der Waals surface area contributed by atoms with Crippen molar-refractivity contribution in [2.75, 3.05) is 12.8 Å². The lowest BCUT2D eigenvalue weighted by molar-refractivity contribution is 0.0285. The van der Waals surface area contributed by atoms with E-state index in [0.29, 0.717) is 12.2 Å². The Labute approximate surface area is 137 Å². The molecule has 2 aromatic rings. The van der Waals surface area contributed by atoms with Crippen LogP contribution in [0.4, 0.5) is 10.5 Å². The van der Waals surface area contributed by atoms with E-state index in [-0.39, 0.29) is 6.09 Å². The molecule has 122 valence electrons. The van der Waals surface area contributed by atoms with Crippen LogP contribution in [0.25, 0.3) is 11.1 Å². The van der Waals surface area contributed by atoms with Crippen LogP contribution < -0.4 is 5.73 Å². The van der Waals surface area contributed by atoms with Gasteiger partial charge in [-0.15, -0.1) is 0 Å². The maximum absolute atomic E-state index is 12.2. The number of nitrogens with zero attached hydrogens (tertiary/aromatic N) is 2. The number of nitrogens with two attached hydrogens (primary N) is 1. The molecule has 0 unspecified atom stereocenters. The number of rotatable bonds is 3. The van der Waals surface area contributed by atoms with Crippen LogP contribution in [0, 0.1) is 0 Å². The van der Waals surface area contributed by atoms with Crippen LogP contribution in [0.5, 0.6) is 0 Å². The molecule has 5 nitrogen and oxygen atoms in total. The number of pyridine rings is 1. The molecule has 0 aliphatic carbocycles. The first-order valence-electron chi connectivity index (χ1n) is 7.49. The summed E-state index contributed by atoms with van der Waals surface area (Å²) in [5.41, 5.74) is 9.08. The van der Waals surface area contributed by atoms with E-state index < -0.39 is 5.60 Å². The first kappa shape index (κ1) is 16.8. The summed E-state index contributed by atoms with van der Waals surface area (Å²) in [6.45, 7) is 5.96. The molecule has 0 radical (unpaired) electrons. The number of carbonyl (C=O) groups excluding carboxylic acids is 1. The fraction of sp³-hybridized carbons (Fsp3) is 0.333. The largest absolute Gasteiger partial charge is 0.444 e. The molecule has 1 aromatic carbocycles. The monoisotopic (exact) mass is 313 g/mol. The van der Waals surface area contributed by atoms with Crippen molar-refractivity contribution in [3.63, 3.8) is 0 Å². The number of benzene rings is 1. The molecule has 1 amide bonds. The van der Waals surface area contributed by atoms with Crippen LogP contribution in [0.15, 0.2) is 42.7 Å². The van der Waals surface area contributed by atoms with Crippen LogP contribution >= 0.6 is 0 Å². The molecule has 0 aliphatic heterocycles. The summed E-state index contributed by atoms with van der Waals surface area (Å²) in [5, 5.41) is 0. The molecule has 0 fully saturated rings. The lowest BCUT2D eigenvalue weighted by Gasteiger charge is -2.25. The molecule has 2 N–H and O–H groups in total. The highest BCUT2D eigenvalue weighted by molar-refractivity contribution is 5.72. The van der Waals surface area contributed by atoms with Gasteiger partial charge in [0.25, 0.3) is 0 Å². The van der Waals surface area contributed by atoms with Gasteiger partial charge in [0, 0.05) is 31.7 Å². The maximum atomic E-state index is 12.2. The van der Waals surface area contributed by atoms with E-state index in [0.717, 1.165) is 16.7 Å². The Kier molecular flexibility index (Phi) is 4.89. The lowest BCUT2D eigenvalue weighted by atomic mass is 9.99. The summed E-state index contributed by atoms with van der Waals surface area (Å²) in [5.74, 6) is 0. The van der Waals surface area contributed by atoms with E-state index in [1.54, 1.807) is 24.3 Å². The van der Waals surface area contributed by atoms with Crippen LogP contribution in [0.2, 0.25) is 0 Å². The Morgan fingerprint density at radius 3 is 2.48 bits per heavy atom. The zero-order chi connectivity index (χ0) is 17.0. The predicted octanol–water partition coefficient (Wildman–Crippen LogP) is 3.70. The first-order valence-corrected chi connectivity index (χ1v) is 7.49. The van der Waals surface area contributed by atoms with Crippen molar-refractivity contribution in [1.29, 1.82) is 0 Å². The number of hydrogen-bond acceptors (Lipinski definition) is 4. The van der Waals surface area contributed by atoms with Crippen LogP contribution in [-0.2, 0) is 11.3 Å². The van der Waals surface area contributed by atoms with Crippen molar-refractivity contribution in [3.05, 3.63) is 48.3 Å². The molecule has 0 bridgehead atoms. The van der Waals surface area contributed by atoms with Crippen molar-refractivity contribution < 1.29 is 9.53 Å². The van der Waals surface area contributed by atoms with E-state index >= 15 is 0 Å². The molecule has 0 saturated heterocycles. The third-order valence-electron chi connectivity index (χ3n) is 3.23. The average Bonchev–Trinajstić information content (AvgIpc) is 2.46. The third kappa shape index (κ3) is 4.71. The van der Waals surface area contributed by atoms with Crippen molar-refractivity contribution >= 4 is 11.8 Å². The van der Waals surface area contributed by atoms with Crippen LogP contribution in [0.1, 0.15) is 26.3 Å². The second kappa shape index (κ2) is 6.69. The minimum absolute atomic E-state index is 0.361. The van der Waals surface area contributed by atoms with E-state index in [1.807, 2.05) is 51.1 Å². The second-order valence-electron chi connectivity index (χ2n) is 6.49. The highest BCUT2D eigenvalue weighted by Crippen LogP contribution is 2.26. The number of nitrogen functional groups attached to an aromatic ring is 1. The Bertz CT molecular complexity index is 678. The quantitative estimate of drug-likeness (QED) is 0.877. The molecule has 1 aromatic heterocycles. The van der Waals surface area contributed by atoms with Gasteiger partial charge in [-0.3, -0.25) is 4.98 Å². The Hall–Kier alpha value is -2.56. The summed E-state index contributed by atoms with van der Waals surface area (Å²) in [7, 11) is 1.72. The standard InChI is InChI=1S/C18H23N3O2/c1-18(2,3)23-17(22)21(4)12-14-11-15(19)5-6-16(14)13-7-9-20-10-8-13/h5-11H,12,19H2,1-4H3. The lowest BCUT2D eigenvalue weighted by Crippen LogP contribution is -2.33. The smallest absolute Gasteiger partial charge is 0.410 e. The number of hydrogen-bond donors (Lipinski definition) is 1. The Balaban J connectivity index is 2.26. The summed E-state index contributed by atoms with van der Waals surface area (Å²) in [4.78, 5) is 17.7. The second-order valence-corrected chi connectivity index (χ2v) is 6.49. The van der Waals surface area contributed by atoms with Gasteiger partial charge in [0.1, 0.15) is 5.60 Å². The average molecular weight is 313 g/mol. The number of ether oxygens (including phenoxy) is 1. The van der Waals surface area contributed by atoms with Crippen LogP contribution in [-0.4, -0.2) is 28.6 Å². The zero-order valence-electron chi connectivity index (χ0n) is 14.0. The summed E-state index contributed by atoms with van der Waals surface area (Å²) < 4.78 is 5.39. The van der Waals surface area contributed by atoms with Gasteiger partial charge in [-0.25, -0.2) is 4.79 Å². The van der Waals surface area contributed by atoms with Crippen molar-refractivity contribution in [1.82, 2.24) is 9.88 Å². The van der Waals surface area contributed by atoms with Gasteiger partial charge in [0.2, 0.25) is 0 Å². The van der Waals surface area contributed by atoms with Crippen molar-refractivity contribution in [3.8, 4) is 11.1 Å². The van der Waals surface area contributed by atoms with Crippen molar-refractivity contribution in [2.24, 2.45) is 0 Å². The fourth-order valence-electron chi connectivity index (χ4n) is 2.22. The highest BCUT2D eigenvalue weighted by atomic mass is 16.6. The fourth-order valence-corrected chi connectivity index (χ4v) is 2.22. The molecular weight excluding hydrogens is 290 g/mol. The summed E-state index contributed by atoms with van der Waals surface area (Å²) >= 11 is 0. The Morgan fingerprint density at radius 2 is 1.87 bits per heavy atom. The molecule has 1 heterocycles. The zero-order valence-corrected chi connectivity index (χ0v) is 14.0. The molecular formula is C18H23N3O2. The highest BCUT2D eigenvalue weighted by Gasteiger charge is 2.20. The SMILES string of the molecule is CN(Cc1cc(N)ccc1-c1ccncc1)C(=O)OC(C)(C)C. The van der Waals surface area contributed by atoms with Gasteiger partial charge < -0.3 is 15.4 Å². The van der Waals surface area contributed by atoms with Gasteiger partial charge in [-0.2, -0.15) is 0 Å². The van der Waals surface area contributed by atoms with E-state index in [9.17, 15) is 4.79 Å². The maximum Gasteiger partial charge on any atom is 0.410 e. The van der Waals surface area contributed by atoms with Gasteiger partial charge in [0.05, 0.1) is 0 Å². The first-order chi connectivity index (χ1) is 10.8. The van der Waals surface area contributed by atoms with E-state index in [4.69, 9.17) is 10.5 Å². The van der Waals surface area contributed by atoms with Gasteiger partial charge in [-0.1, -0.05) is 6.07 Å². The van der Waals surface area contributed by atoms with Gasteiger partial charge in [0.15, 0.2) is 0 Å². The summed E-state index contributed by atoms with van der Waals surface area (Å²) in [6, 6.07) is 9.57. The third-order valence-corrected chi connectivity index (χ3v) is 3.23. The van der Waals surface area contributed by atoms with Crippen molar-refractivity contribution in [2.45, 2.75) is 32.9 Å². The Morgan fingerprint density at radius 1 is 1.22 bits per heavy atom. The molecule has 23 heavy (non-hydrogen) atoms. The molecule has 0 saturated carbocycles. The normalized spacial score (nSPS) is 11.1. The minimum atomic E-state index is -0.519. The molecule has 5 heteroatoms.